The zero-order valence-corrected chi connectivity index (χ0v) is 13.1. The van der Waals surface area contributed by atoms with Gasteiger partial charge < -0.3 is 15.0 Å². The maximum absolute atomic E-state index is 5.92. The molecule has 0 unspecified atom stereocenters. The van der Waals surface area contributed by atoms with E-state index in [2.05, 4.69) is 60.7 Å². The Hall–Kier alpha value is -1.58. The van der Waals surface area contributed by atoms with E-state index in [9.17, 15) is 0 Å². The average Bonchev–Trinajstić information content (AvgIpc) is 2.50. The van der Waals surface area contributed by atoms with Crippen molar-refractivity contribution in [2.45, 2.75) is 12.8 Å². The summed E-state index contributed by atoms with van der Waals surface area (Å²) in [5.41, 5.74) is 0. The van der Waals surface area contributed by atoms with Crippen LogP contribution >= 0.6 is 0 Å². The predicted octanol–water partition coefficient (Wildman–Crippen LogP) is 3.15. The second-order valence-corrected chi connectivity index (χ2v) is 5.59. The molecule has 3 heteroatoms. The number of ether oxygens (including phenoxy) is 1. The average molecular weight is 286 g/mol. The highest BCUT2D eigenvalue weighted by Gasteiger charge is 2.00. The molecule has 0 saturated carbocycles. The molecular formula is C18H26N2O. The predicted molar refractivity (Wildman–Crippen MR) is 90.1 cm³/mol. The molecule has 0 aliphatic heterocycles. The molecule has 0 bridgehead atoms. The first-order valence-corrected chi connectivity index (χ1v) is 7.73. The summed E-state index contributed by atoms with van der Waals surface area (Å²) >= 11 is 0. The largest absolute Gasteiger partial charge is 0.493 e. The minimum Gasteiger partial charge on any atom is -0.493 e. The number of hydrogen-bond donors (Lipinski definition) is 1. The fourth-order valence-electron chi connectivity index (χ4n) is 2.35. The summed E-state index contributed by atoms with van der Waals surface area (Å²) in [4.78, 5) is 2.21. The van der Waals surface area contributed by atoms with Crippen LogP contribution in [-0.2, 0) is 0 Å². The first kappa shape index (κ1) is 15.8. The quantitative estimate of drug-likeness (QED) is 0.717. The van der Waals surface area contributed by atoms with Gasteiger partial charge in [0.15, 0.2) is 0 Å². The van der Waals surface area contributed by atoms with Gasteiger partial charge in [-0.1, -0.05) is 36.4 Å². The standard InChI is InChI=1S/C18H26N2O/c1-20(2)14-6-12-19-13-7-15-21-18-11-5-9-16-8-3-4-10-17(16)18/h3-5,8-11,19H,6-7,12-15H2,1-2H3. The first-order chi connectivity index (χ1) is 10.3. The van der Waals surface area contributed by atoms with E-state index < -0.39 is 0 Å². The zero-order chi connectivity index (χ0) is 14.9. The van der Waals surface area contributed by atoms with Crippen molar-refractivity contribution < 1.29 is 4.74 Å². The summed E-state index contributed by atoms with van der Waals surface area (Å²) in [6, 6.07) is 14.6. The molecule has 2 rings (SSSR count). The van der Waals surface area contributed by atoms with Gasteiger partial charge in [0.2, 0.25) is 0 Å². The lowest BCUT2D eigenvalue weighted by atomic mass is 10.1. The van der Waals surface area contributed by atoms with E-state index in [0.29, 0.717) is 0 Å². The molecule has 0 radical (unpaired) electrons. The Kier molecular flexibility index (Phi) is 6.51. The number of benzene rings is 2. The third-order valence-electron chi connectivity index (χ3n) is 3.46. The minimum atomic E-state index is 0.759. The van der Waals surface area contributed by atoms with E-state index in [-0.39, 0.29) is 0 Å². The summed E-state index contributed by atoms with van der Waals surface area (Å²) < 4.78 is 5.92. The lowest BCUT2D eigenvalue weighted by molar-refractivity contribution is 0.310. The Balaban J connectivity index is 1.66. The van der Waals surface area contributed by atoms with Crippen molar-refractivity contribution in [3.05, 3.63) is 42.5 Å². The van der Waals surface area contributed by atoms with Gasteiger partial charge in [0.05, 0.1) is 6.61 Å². The molecule has 0 fully saturated rings. The molecule has 0 aliphatic rings. The first-order valence-electron chi connectivity index (χ1n) is 7.73. The van der Waals surface area contributed by atoms with Gasteiger partial charge in [0.1, 0.15) is 5.75 Å². The van der Waals surface area contributed by atoms with Crippen molar-refractivity contribution in [1.29, 1.82) is 0 Å². The van der Waals surface area contributed by atoms with Crippen LogP contribution in [0, 0.1) is 0 Å². The maximum Gasteiger partial charge on any atom is 0.127 e. The van der Waals surface area contributed by atoms with Gasteiger partial charge >= 0.3 is 0 Å². The van der Waals surface area contributed by atoms with Crippen molar-refractivity contribution in [2.24, 2.45) is 0 Å². The van der Waals surface area contributed by atoms with Crippen molar-refractivity contribution in [1.82, 2.24) is 10.2 Å². The fourth-order valence-corrected chi connectivity index (χ4v) is 2.35. The summed E-state index contributed by atoms with van der Waals surface area (Å²) in [6.45, 7) is 3.98. The van der Waals surface area contributed by atoms with Crippen LogP contribution in [0.3, 0.4) is 0 Å². The van der Waals surface area contributed by atoms with Crippen LogP contribution in [0.25, 0.3) is 10.8 Å². The summed E-state index contributed by atoms with van der Waals surface area (Å²) in [6.07, 6.45) is 2.22. The number of nitrogens with zero attached hydrogens (tertiary/aromatic N) is 1. The van der Waals surface area contributed by atoms with Gasteiger partial charge in [-0.2, -0.15) is 0 Å². The Bertz CT molecular complexity index is 534. The van der Waals surface area contributed by atoms with Crippen LogP contribution in [-0.4, -0.2) is 45.2 Å². The monoisotopic (exact) mass is 286 g/mol. The Labute approximate surface area is 127 Å². The van der Waals surface area contributed by atoms with Gasteiger partial charge in [-0.3, -0.25) is 0 Å². The van der Waals surface area contributed by atoms with E-state index in [0.717, 1.165) is 38.4 Å². The van der Waals surface area contributed by atoms with Gasteiger partial charge in [-0.25, -0.2) is 0 Å². The number of nitrogens with one attached hydrogen (secondary N) is 1. The molecule has 3 nitrogen and oxygen atoms in total. The molecule has 2 aromatic rings. The third-order valence-corrected chi connectivity index (χ3v) is 3.46. The van der Waals surface area contributed by atoms with Crippen LogP contribution in [0.15, 0.2) is 42.5 Å². The number of rotatable bonds is 9. The summed E-state index contributed by atoms with van der Waals surface area (Å²) in [5, 5.41) is 5.88. The molecule has 1 N–H and O–H groups in total. The van der Waals surface area contributed by atoms with Gasteiger partial charge in [0, 0.05) is 5.39 Å². The summed E-state index contributed by atoms with van der Waals surface area (Å²) in [5.74, 6) is 0.987. The highest BCUT2D eigenvalue weighted by molar-refractivity contribution is 5.88. The van der Waals surface area contributed by atoms with Crippen molar-refractivity contribution in [3.63, 3.8) is 0 Å². The van der Waals surface area contributed by atoms with Crippen LogP contribution < -0.4 is 10.1 Å². The Morgan fingerprint density at radius 3 is 2.57 bits per heavy atom. The van der Waals surface area contributed by atoms with Crippen LogP contribution in [0.5, 0.6) is 5.75 Å². The highest BCUT2D eigenvalue weighted by Crippen LogP contribution is 2.25. The molecule has 0 heterocycles. The SMILES string of the molecule is CN(C)CCCNCCCOc1cccc2ccccc12. The number of hydrogen-bond acceptors (Lipinski definition) is 3. The van der Waals surface area contributed by atoms with Gasteiger partial charge in [-0.05, 0) is 58.0 Å². The van der Waals surface area contributed by atoms with Gasteiger partial charge in [-0.15, -0.1) is 0 Å². The lowest BCUT2D eigenvalue weighted by Crippen LogP contribution is -2.23. The molecule has 114 valence electrons. The lowest BCUT2D eigenvalue weighted by Gasteiger charge is -2.11. The minimum absolute atomic E-state index is 0.759. The molecule has 0 atom stereocenters. The van der Waals surface area contributed by atoms with E-state index >= 15 is 0 Å². The van der Waals surface area contributed by atoms with E-state index in [1.165, 1.54) is 17.2 Å². The van der Waals surface area contributed by atoms with Crippen molar-refractivity contribution >= 4 is 10.8 Å². The van der Waals surface area contributed by atoms with E-state index in [4.69, 9.17) is 4.74 Å². The Morgan fingerprint density at radius 1 is 0.952 bits per heavy atom. The molecule has 0 aromatic heterocycles. The normalized spacial score (nSPS) is 11.2. The highest BCUT2D eigenvalue weighted by atomic mass is 16.5. The molecule has 0 amide bonds. The molecule has 21 heavy (non-hydrogen) atoms. The smallest absolute Gasteiger partial charge is 0.127 e. The maximum atomic E-state index is 5.92. The topological polar surface area (TPSA) is 24.5 Å². The van der Waals surface area contributed by atoms with E-state index in [1.807, 2.05) is 6.07 Å². The molecule has 0 saturated heterocycles. The van der Waals surface area contributed by atoms with Crippen LogP contribution in [0.4, 0.5) is 0 Å². The third kappa shape index (κ3) is 5.37. The van der Waals surface area contributed by atoms with Crippen LogP contribution in [0.1, 0.15) is 12.8 Å². The van der Waals surface area contributed by atoms with Gasteiger partial charge in [0.25, 0.3) is 0 Å². The van der Waals surface area contributed by atoms with Crippen LogP contribution in [0.2, 0.25) is 0 Å². The second kappa shape index (κ2) is 8.65. The van der Waals surface area contributed by atoms with Crippen molar-refractivity contribution in [2.75, 3.05) is 40.3 Å². The molecule has 0 aliphatic carbocycles. The zero-order valence-electron chi connectivity index (χ0n) is 13.1. The van der Waals surface area contributed by atoms with E-state index in [1.54, 1.807) is 0 Å². The molecule has 0 spiro atoms. The molecular weight excluding hydrogens is 260 g/mol. The Morgan fingerprint density at radius 2 is 1.71 bits per heavy atom. The summed E-state index contributed by atoms with van der Waals surface area (Å²) in [7, 11) is 4.22. The van der Waals surface area contributed by atoms with Crippen molar-refractivity contribution in [3.8, 4) is 5.75 Å². The fraction of sp³-hybridized carbons (Fsp3) is 0.444. The second-order valence-electron chi connectivity index (χ2n) is 5.59. The number of fused-ring (bicyclic) bond motifs is 1. The molecule has 2 aromatic carbocycles.